The molecule has 3 aromatic heterocycles. The van der Waals surface area contributed by atoms with Crippen molar-refractivity contribution in [1.82, 2.24) is 24.1 Å². The number of rotatable bonds is 7. The summed E-state index contributed by atoms with van der Waals surface area (Å²) in [6.45, 7) is 0. The van der Waals surface area contributed by atoms with E-state index < -0.39 is 0 Å². The van der Waals surface area contributed by atoms with Gasteiger partial charge in [0.25, 0.3) is 0 Å². The Balaban J connectivity index is 0.978. The summed E-state index contributed by atoms with van der Waals surface area (Å²) < 4.78 is 4.91. The number of hydrogen-bond donors (Lipinski definition) is 0. The lowest BCUT2D eigenvalue weighted by Gasteiger charge is -2.16. The summed E-state index contributed by atoms with van der Waals surface area (Å²) in [6, 6.07) is 71.1. The summed E-state index contributed by atoms with van der Waals surface area (Å²) in [5, 5.41) is 3.77. The third-order valence-electron chi connectivity index (χ3n) is 12.2. The molecule has 5 nitrogen and oxygen atoms in total. The van der Waals surface area contributed by atoms with E-state index in [1.54, 1.807) is 0 Å². The van der Waals surface area contributed by atoms with E-state index in [-0.39, 0.29) is 0 Å². The maximum Gasteiger partial charge on any atom is 0.164 e. The van der Waals surface area contributed by atoms with Gasteiger partial charge >= 0.3 is 0 Å². The van der Waals surface area contributed by atoms with Crippen LogP contribution in [0.3, 0.4) is 0 Å². The molecule has 0 aliphatic heterocycles. The van der Waals surface area contributed by atoms with Crippen LogP contribution in [0, 0.1) is 0 Å². The number of aromatic nitrogens is 5. The van der Waals surface area contributed by atoms with Crippen LogP contribution in [0.5, 0.6) is 0 Å². The SMILES string of the molecule is C1=Cc2c(n(-c3cccc(-c4ccc5c6ccccc6n(-c6ccccc6)c5c4)c3)c3c(-c4ccc(-c5nc(-c6ccccc6)nc(-c6ccccc6)n5)cc4)cccc23)CC1. The van der Waals surface area contributed by atoms with Crippen LogP contribution >= 0.6 is 0 Å². The van der Waals surface area contributed by atoms with E-state index in [9.17, 15) is 0 Å². The monoisotopic (exact) mass is 793 g/mol. The summed E-state index contributed by atoms with van der Waals surface area (Å²) in [4.78, 5) is 14.9. The molecule has 8 aromatic carbocycles. The van der Waals surface area contributed by atoms with Crippen molar-refractivity contribution in [3.8, 4) is 67.8 Å². The third-order valence-corrected chi connectivity index (χ3v) is 12.2. The van der Waals surface area contributed by atoms with Gasteiger partial charge in [-0.2, -0.15) is 0 Å². The molecule has 0 N–H and O–H groups in total. The topological polar surface area (TPSA) is 48.5 Å². The third kappa shape index (κ3) is 6.05. The van der Waals surface area contributed by atoms with Crippen molar-refractivity contribution < 1.29 is 0 Å². The fourth-order valence-electron chi connectivity index (χ4n) is 9.35. The quantitative estimate of drug-likeness (QED) is 0.161. The van der Waals surface area contributed by atoms with Crippen molar-refractivity contribution in [2.45, 2.75) is 12.8 Å². The fourth-order valence-corrected chi connectivity index (χ4v) is 9.35. The van der Waals surface area contributed by atoms with Gasteiger partial charge in [0.1, 0.15) is 0 Å². The Labute approximate surface area is 359 Å². The number of fused-ring (bicyclic) bond motifs is 6. The summed E-state index contributed by atoms with van der Waals surface area (Å²) in [6.07, 6.45) is 6.61. The van der Waals surface area contributed by atoms with E-state index in [1.165, 1.54) is 60.7 Å². The molecule has 0 saturated heterocycles. The first-order chi connectivity index (χ1) is 30.7. The van der Waals surface area contributed by atoms with Crippen LogP contribution in [0.25, 0.3) is 107 Å². The summed E-state index contributed by atoms with van der Waals surface area (Å²) in [5.41, 5.74) is 16.1. The minimum atomic E-state index is 0.644. The summed E-state index contributed by atoms with van der Waals surface area (Å²) >= 11 is 0. The fraction of sp³-hybridized carbons (Fsp3) is 0.0351. The van der Waals surface area contributed by atoms with Gasteiger partial charge in [-0.3, -0.25) is 0 Å². The van der Waals surface area contributed by atoms with E-state index in [1.807, 2.05) is 60.7 Å². The van der Waals surface area contributed by atoms with Gasteiger partial charge in [-0.25, -0.2) is 15.0 Å². The van der Waals surface area contributed by atoms with Crippen LogP contribution in [-0.2, 0) is 6.42 Å². The van der Waals surface area contributed by atoms with Crippen LogP contribution < -0.4 is 0 Å². The lowest BCUT2D eigenvalue weighted by atomic mass is 9.98. The predicted molar refractivity (Wildman–Crippen MR) is 256 cm³/mol. The molecule has 1 aliphatic rings. The lowest BCUT2D eigenvalue weighted by Crippen LogP contribution is -2.03. The molecule has 0 bridgehead atoms. The Morgan fingerprint density at radius 2 is 0.903 bits per heavy atom. The van der Waals surface area contributed by atoms with Crippen LogP contribution in [0.15, 0.2) is 206 Å². The van der Waals surface area contributed by atoms with Crippen molar-refractivity contribution >= 4 is 38.8 Å². The average molecular weight is 794 g/mol. The van der Waals surface area contributed by atoms with Gasteiger partial charge in [0.2, 0.25) is 0 Å². The number of nitrogens with zero attached hydrogens (tertiary/aromatic N) is 5. The molecule has 12 rings (SSSR count). The van der Waals surface area contributed by atoms with E-state index in [0.717, 1.165) is 46.5 Å². The molecular formula is C57H39N5. The minimum absolute atomic E-state index is 0.644. The normalized spacial score (nSPS) is 12.3. The summed E-state index contributed by atoms with van der Waals surface area (Å²) in [7, 11) is 0. The highest BCUT2D eigenvalue weighted by atomic mass is 15.0. The number of para-hydroxylation sites is 3. The second kappa shape index (κ2) is 14.8. The Morgan fingerprint density at radius 1 is 0.371 bits per heavy atom. The molecule has 11 aromatic rings. The molecule has 0 amide bonds. The standard InChI is InChI=1S/C57H39N5/c1-4-16-39(17-5-1)55-58-56(40-18-6-2-7-19-40)60-57(59-55)41-32-30-38(31-33-41)46-26-15-27-50-48-25-11-13-29-52(48)62(54(46)50)45-23-14-20-42(36-45)43-34-35-49-47-24-10-12-28-51(47)61(53(49)37-43)44-21-8-3-9-22-44/h1-12,14-28,30-37H,13,29H2. The molecule has 5 heteroatoms. The highest BCUT2D eigenvalue weighted by Gasteiger charge is 2.22. The first-order valence-electron chi connectivity index (χ1n) is 21.3. The molecule has 0 atom stereocenters. The second-order valence-corrected chi connectivity index (χ2v) is 15.9. The van der Waals surface area contributed by atoms with Crippen LogP contribution in [0.2, 0.25) is 0 Å². The van der Waals surface area contributed by atoms with Gasteiger partial charge in [-0.15, -0.1) is 0 Å². The van der Waals surface area contributed by atoms with Gasteiger partial charge in [-0.1, -0.05) is 176 Å². The smallest absolute Gasteiger partial charge is 0.164 e. The minimum Gasteiger partial charge on any atom is -0.312 e. The highest BCUT2D eigenvalue weighted by molar-refractivity contribution is 6.10. The van der Waals surface area contributed by atoms with Crippen molar-refractivity contribution in [2.75, 3.05) is 0 Å². The molecule has 0 unspecified atom stereocenters. The lowest BCUT2D eigenvalue weighted by molar-refractivity contribution is 0.889. The molecule has 62 heavy (non-hydrogen) atoms. The first-order valence-corrected chi connectivity index (χ1v) is 21.3. The molecule has 0 spiro atoms. The number of benzene rings is 8. The Kier molecular flexibility index (Phi) is 8.56. The maximum atomic E-state index is 5.00. The number of hydrogen-bond acceptors (Lipinski definition) is 3. The Morgan fingerprint density at radius 3 is 1.63 bits per heavy atom. The van der Waals surface area contributed by atoms with Gasteiger partial charge < -0.3 is 9.13 Å². The van der Waals surface area contributed by atoms with Gasteiger partial charge in [0.15, 0.2) is 17.5 Å². The van der Waals surface area contributed by atoms with E-state index >= 15 is 0 Å². The molecule has 1 aliphatic carbocycles. The molecule has 292 valence electrons. The zero-order valence-electron chi connectivity index (χ0n) is 33.9. The van der Waals surface area contributed by atoms with Crippen molar-refractivity contribution in [3.05, 3.63) is 218 Å². The van der Waals surface area contributed by atoms with Crippen molar-refractivity contribution in [1.29, 1.82) is 0 Å². The van der Waals surface area contributed by atoms with E-state index in [2.05, 4.69) is 161 Å². The molecule has 0 fully saturated rings. The second-order valence-electron chi connectivity index (χ2n) is 15.9. The van der Waals surface area contributed by atoms with Crippen LogP contribution in [0.1, 0.15) is 17.7 Å². The maximum absolute atomic E-state index is 5.00. The first kappa shape index (κ1) is 35.8. The van der Waals surface area contributed by atoms with Gasteiger partial charge in [-0.05, 0) is 65.9 Å². The predicted octanol–water partition coefficient (Wildman–Crippen LogP) is 14.2. The van der Waals surface area contributed by atoms with Crippen molar-refractivity contribution in [2.24, 2.45) is 0 Å². The van der Waals surface area contributed by atoms with Gasteiger partial charge in [0.05, 0.1) is 16.6 Å². The van der Waals surface area contributed by atoms with Crippen molar-refractivity contribution in [3.63, 3.8) is 0 Å². The Hall–Kier alpha value is -8.15. The molecule has 0 saturated carbocycles. The Bertz CT molecular complexity index is 3430. The molecular weight excluding hydrogens is 755 g/mol. The highest BCUT2D eigenvalue weighted by Crippen LogP contribution is 2.41. The largest absolute Gasteiger partial charge is 0.312 e. The van der Waals surface area contributed by atoms with E-state index in [4.69, 9.17) is 15.0 Å². The van der Waals surface area contributed by atoms with Crippen LogP contribution in [-0.4, -0.2) is 24.1 Å². The average Bonchev–Trinajstić information content (AvgIpc) is 3.88. The summed E-state index contributed by atoms with van der Waals surface area (Å²) in [5.74, 6) is 1.95. The van der Waals surface area contributed by atoms with Gasteiger partial charge in [0, 0.05) is 61.0 Å². The van der Waals surface area contributed by atoms with E-state index in [0.29, 0.717) is 17.5 Å². The van der Waals surface area contributed by atoms with Crippen LogP contribution in [0.4, 0.5) is 0 Å². The zero-order chi connectivity index (χ0) is 41.0. The molecule has 0 radical (unpaired) electrons. The zero-order valence-corrected chi connectivity index (χ0v) is 33.9. The molecule has 3 heterocycles. The number of allylic oxidation sites excluding steroid dienone is 1.